The normalized spacial score (nSPS) is 16.5. The summed E-state index contributed by atoms with van der Waals surface area (Å²) < 4.78 is 10.7. The van der Waals surface area contributed by atoms with Gasteiger partial charge in [0.05, 0.1) is 25.3 Å². The van der Waals surface area contributed by atoms with Gasteiger partial charge in [-0.05, 0) is 24.3 Å². The summed E-state index contributed by atoms with van der Waals surface area (Å²) in [5, 5.41) is 16.6. The number of nitriles is 1. The minimum atomic E-state index is -0.116. The third-order valence-corrected chi connectivity index (χ3v) is 3.81. The van der Waals surface area contributed by atoms with E-state index in [1.807, 2.05) is 6.07 Å². The summed E-state index contributed by atoms with van der Waals surface area (Å²) in [5.74, 6) is 0.770. The maximum atomic E-state index is 12.5. The molecule has 1 amide bonds. The van der Waals surface area contributed by atoms with Crippen LogP contribution in [0.3, 0.4) is 0 Å². The van der Waals surface area contributed by atoms with Crippen LogP contribution in [0.15, 0.2) is 36.4 Å². The van der Waals surface area contributed by atoms with Crippen LogP contribution in [0.5, 0.6) is 11.8 Å². The number of carbonyl (C=O) groups excluding carboxylic acids is 1. The number of methoxy groups -OCH3 is 1. The van der Waals surface area contributed by atoms with E-state index >= 15 is 0 Å². The van der Waals surface area contributed by atoms with E-state index in [9.17, 15) is 4.79 Å². The van der Waals surface area contributed by atoms with Gasteiger partial charge in [-0.1, -0.05) is 0 Å². The van der Waals surface area contributed by atoms with E-state index in [1.54, 1.807) is 41.3 Å². The van der Waals surface area contributed by atoms with E-state index in [0.29, 0.717) is 36.0 Å². The molecule has 0 spiro atoms. The molecule has 1 saturated heterocycles. The van der Waals surface area contributed by atoms with Crippen molar-refractivity contribution in [3.05, 3.63) is 47.5 Å². The summed E-state index contributed by atoms with van der Waals surface area (Å²) in [6.07, 6.45) is 0.616. The predicted molar refractivity (Wildman–Crippen MR) is 84.7 cm³/mol. The highest BCUT2D eigenvalue weighted by atomic mass is 16.5. The number of ether oxygens (including phenoxy) is 2. The Morgan fingerprint density at radius 2 is 1.92 bits per heavy atom. The summed E-state index contributed by atoms with van der Waals surface area (Å²) in [4.78, 5) is 14.2. The van der Waals surface area contributed by atoms with Crippen LogP contribution in [0.25, 0.3) is 0 Å². The molecule has 0 unspecified atom stereocenters. The fraction of sp³-hybridized carbons (Fsp3) is 0.294. The quantitative estimate of drug-likeness (QED) is 0.849. The van der Waals surface area contributed by atoms with Gasteiger partial charge in [0.2, 0.25) is 11.8 Å². The van der Waals surface area contributed by atoms with Crippen molar-refractivity contribution in [3.8, 4) is 17.8 Å². The van der Waals surface area contributed by atoms with E-state index in [-0.39, 0.29) is 12.0 Å². The van der Waals surface area contributed by atoms with Crippen molar-refractivity contribution in [2.75, 3.05) is 20.2 Å². The largest absolute Gasteiger partial charge is 0.480 e. The molecule has 2 heterocycles. The highest BCUT2D eigenvalue weighted by molar-refractivity contribution is 5.94. The average molecular weight is 324 g/mol. The number of hydrogen-bond donors (Lipinski definition) is 0. The maximum Gasteiger partial charge on any atom is 0.253 e. The summed E-state index contributed by atoms with van der Waals surface area (Å²) in [6, 6.07) is 12.0. The van der Waals surface area contributed by atoms with E-state index in [0.717, 1.165) is 6.42 Å². The van der Waals surface area contributed by atoms with Gasteiger partial charge in [0, 0.05) is 30.7 Å². The number of aromatic nitrogens is 2. The van der Waals surface area contributed by atoms with Crippen molar-refractivity contribution in [2.45, 2.75) is 12.5 Å². The molecule has 0 saturated carbocycles. The molecule has 0 N–H and O–H groups in total. The highest BCUT2D eigenvalue weighted by Gasteiger charge is 2.28. The Labute approximate surface area is 139 Å². The van der Waals surface area contributed by atoms with Gasteiger partial charge >= 0.3 is 0 Å². The average Bonchev–Trinajstić information content (AvgIpc) is 3.10. The van der Waals surface area contributed by atoms with Gasteiger partial charge < -0.3 is 14.4 Å². The molecular weight excluding hydrogens is 308 g/mol. The molecule has 7 heteroatoms. The lowest BCUT2D eigenvalue weighted by molar-refractivity contribution is 0.0771. The third-order valence-electron chi connectivity index (χ3n) is 3.81. The molecular formula is C17H16N4O3. The number of carbonyl (C=O) groups is 1. The first kappa shape index (κ1) is 15.7. The number of nitrogens with zero attached hydrogens (tertiary/aromatic N) is 4. The molecule has 1 aliphatic rings. The molecule has 2 aromatic rings. The zero-order chi connectivity index (χ0) is 16.9. The third kappa shape index (κ3) is 3.43. The Bertz CT molecular complexity index is 753. The molecule has 7 nitrogen and oxygen atoms in total. The van der Waals surface area contributed by atoms with Crippen LogP contribution >= 0.6 is 0 Å². The molecule has 1 aromatic carbocycles. The van der Waals surface area contributed by atoms with Gasteiger partial charge in [0.25, 0.3) is 5.91 Å². The van der Waals surface area contributed by atoms with Crippen molar-refractivity contribution in [3.63, 3.8) is 0 Å². The second-order valence-corrected chi connectivity index (χ2v) is 5.38. The van der Waals surface area contributed by atoms with Gasteiger partial charge in [-0.3, -0.25) is 4.79 Å². The van der Waals surface area contributed by atoms with Crippen LogP contribution in [0.1, 0.15) is 22.3 Å². The van der Waals surface area contributed by atoms with Gasteiger partial charge in [-0.15, -0.1) is 10.2 Å². The molecule has 122 valence electrons. The maximum absolute atomic E-state index is 12.5. The molecule has 3 rings (SSSR count). The fourth-order valence-corrected chi connectivity index (χ4v) is 2.53. The lowest BCUT2D eigenvalue weighted by Gasteiger charge is -2.17. The standard InChI is InChI=1S/C17H16N4O3/c1-23-15-6-7-16(20-19-15)24-14-8-9-21(11-14)17(22)13-4-2-12(10-18)3-5-13/h2-7,14H,8-9,11H2,1H3/t14-/m0/s1. The van der Waals surface area contributed by atoms with Gasteiger partial charge in [-0.2, -0.15) is 5.26 Å². The Morgan fingerprint density at radius 1 is 1.21 bits per heavy atom. The van der Waals surface area contributed by atoms with Crippen LogP contribution in [0, 0.1) is 11.3 Å². The first-order valence-electron chi connectivity index (χ1n) is 7.53. The van der Waals surface area contributed by atoms with Crippen LogP contribution < -0.4 is 9.47 Å². The summed E-state index contributed by atoms with van der Waals surface area (Å²) >= 11 is 0. The second-order valence-electron chi connectivity index (χ2n) is 5.38. The molecule has 1 atom stereocenters. The van der Waals surface area contributed by atoms with Crippen LogP contribution in [-0.2, 0) is 0 Å². The van der Waals surface area contributed by atoms with Crippen molar-refractivity contribution in [1.82, 2.24) is 15.1 Å². The number of benzene rings is 1. The summed E-state index contributed by atoms with van der Waals surface area (Å²) in [7, 11) is 1.52. The molecule has 24 heavy (non-hydrogen) atoms. The first-order chi connectivity index (χ1) is 11.7. The topological polar surface area (TPSA) is 88.3 Å². The number of likely N-dealkylation sites (tertiary alicyclic amines) is 1. The number of rotatable bonds is 4. The Morgan fingerprint density at radius 3 is 2.54 bits per heavy atom. The minimum absolute atomic E-state index is 0.0635. The van der Waals surface area contributed by atoms with Gasteiger partial charge in [-0.25, -0.2) is 0 Å². The zero-order valence-electron chi connectivity index (χ0n) is 13.2. The molecule has 0 bridgehead atoms. The SMILES string of the molecule is COc1ccc(O[C@H]2CCN(C(=O)c3ccc(C#N)cc3)C2)nn1. The van der Waals surface area contributed by atoms with Crippen LogP contribution in [0.2, 0.25) is 0 Å². The van der Waals surface area contributed by atoms with Crippen molar-refractivity contribution in [2.24, 2.45) is 0 Å². The lowest BCUT2D eigenvalue weighted by Crippen LogP contribution is -2.31. The predicted octanol–water partition coefficient (Wildman–Crippen LogP) is 1.65. The second kappa shape index (κ2) is 6.96. The smallest absolute Gasteiger partial charge is 0.253 e. The van der Waals surface area contributed by atoms with E-state index in [4.69, 9.17) is 14.7 Å². The van der Waals surface area contributed by atoms with E-state index in [1.165, 1.54) is 7.11 Å². The summed E-state index contributed by atoms with van der Waals surface area (Å²) in [5.41, 5.74) is 1.10. The fourth-order valence-electron chi connectivity index (χ4n) is 2.53. The number of hydrogen-bond acceptors (Lipinski definition) is 6. The number of amides is 1. The molecule has 1 aromatic heterocycles. The van der Waals surface area contributed by atoms with Crippen molar-refractivity contribution < 1.29 is 14.3 Å². The van der Waals surface area contributed by atoms with Crippen molar-refractivity contribution in [1.29, 1.82) is 5.26 Å². The van der Waals surface area contributed by atoms with Crippen LogP contribution in [-0.4, -0.2) is 47.3 Å². The Hall–Kier alpha value is -3.14. The first-order valence-corrected chi connectivity index (χ1v) is 7.53. The van der Waals surface area contributed by atoms with E-state index < -0.39 is 0 Å². The molecule has 1 fully saturated rings. The molecule has 1 aliphatic heterocycles. The zero-order valence-corrected chi connectivity index (χ0v) is 13.2. The van der Waals surface area contributed by atoms with E-state index in [2.05, 4.69) is 10.2 Å². The lowest BCUT2D eigenvalue weighted by atomic mass is 10.1. The minimum Gasteiger partial charge on any atom is -0.480 e. The summed E-state index contributed by atoms with van der Waals surface area (Å²) in [6.45, 7) is 1.11. The van der Waals surface area contributed by atoms with Crippen LogP contribution in [0.4, 0.5) is 0 Å². The Kier molecular flexibility index (Phi) is 4.57. The molecule has 0 aliphatic carbocycles. The highest BCUT2D eigenvalue weighted by Crippen LogP contribution is 2.19. The van der Waals surface area contributed by atoms with Gasteiger partial charge in [0.15, 0.2) is 0 Å². The van der Waals surface area contributed by atoms with Gasteiger partial charge in [0.1, 0.15) is 6.10 Å². The Balaban J connectivity index is 1.59. The van der Waals surface area contributed by atoms with Crippen molar-refractivity contribution >= 4 is 5.91 Å². The monoisotopic (exact) mass is 324 g/mol. The molecule has 0 radical (unpaired) electrons.